The fraction of sp³-hybridized carbons (Fsp3) is 0.500. The monoisotopic (exact) mass is 250 g/mol. The van der Waals surface area contributed by atoms with Gasteiger partial charge < -0.3 is 14.9 Å². The molecule has 98 valence electrons. The quantitative estimate of drug-likeness (QED) is 0.859. The van der Waals surface area contributed by atoms with E-state index in [9.17, 15) is 15.0 Å². The lowest BCUT2D eigenvalue weighted by Gasteiger charge is -2.28. The Hall–Kier alpha value is -1.39. The maximum Gasteiger partial charge on any atom is 0.337 e. The number of aliphatic hydroxyl groups is 1. The Kier molecular flexibility index (Phi) is 4.33. The van der Waals surface area contributed by atoms with E-state index in [1.807, 2.05) is 6.07 Å². The highest BCUT2D eigenvalue weighted by molar-refractivity contribution is 5.74. The van der Waals surface area contributed by atoms with Crippen LogP contribution < -0.4 is 0 Å². The van der Waals surface area contributed by atoms with Crippen LogP contribution in [0.15, 0.2) is 30.3 Å². The van der Waals surface area contributed by atoms with Gasteiger partial charge in [0.25, 0.3) is 0 Å². The normalized spacial score (nSPS) is 25.6. The molecule has 1 fully saturated rings. The summed E-state index contributed by atoms with van der Waals surface area (Å²) in [4.78, 5) is 11.3. The van der Waals surface area contributed by atoms with Gasteiger partial charge in [-0.2, -0.15) is 0 Å². The molecule has 4 heteroatoms. The van der Waals surface area contributed by atoms with E-state index in [4.69, 9.17) is 4.74 Å². The van der Waals surface area contributed by atoms with Crippen LogP contribution in [0.3, 0.4) is 0 Å². The predicted molar refractivity (Wildman–Crippen MR) is 66.2 cm³/mol. The first kappa shape index (κ1) is 13.1. The third kappa shape index (κ3) is 3.31. The average Bonchev–Trinajstić information content (AvgIpc) is 2.38. The van der Waals surface area contributed by atoms with E-state index in [1.54, 1.807) is 24.3 Å². The van der Waals surface area contributed by atoms with Crippen molar-refractivity contribution < 1.29 is 19.7 Å². The highest BCUT2D eigenvalue weighted by atomic mass is 16.5. The molecule has 0 saturated heterocycles. The van der Waals surface area contributed by atoms with E-state index < -0.39 is 12.1 Å². The Morgan fingerprint density at radius 1 is 1.17 bits per heavy atom. The van der Waals surface area contributed by atoms with Crippen molar-refractivity contribution in [2.45, 2.75) is 44.0 Å². The minimum absolute atomic E-state index is 0.0743. The van der Waals surface area contributed by atoms with Gasteiger partial charge in [-0.15, -0.1) is 0 Å². The summed E-state index contributed by atoms with van der Waals surface area (Å²) in [5.74, 6) is -0.965. The molecule has 0 bridgehead atoms. The van der Waals surface area contributed by atoms with E-state index in [0.717, 1.165) is 12.8 Å². The van der Waals surface area contributed by atoms with E-state index in [2.05, 4.69) is 0 Å². The first-order valence-electron chi connectivity index (χ1n) is 6.28. The van der Waals surface area contributed by atoms with Gasteiger partial charge in [-0.25, -0.2) is 4.79 Å². The number of hydrogen-bond donors (Lipinski definition) is 2. The van der Waals surface area contributed by atoms with Crippen LogP contribution in [0.2, 0.25) is 0 Å². The molecule has 0 radical (unpaired) electrons. The van der Waals surface area contributed by atoms with E-state index in [-0.39, 0.29) is 12.2 Å². The molecule has 0 amide bonds. The molecule has 4 nitrogen and oxygen atoms in total. The molecule has 1 aliphatic carbocycles. The molecule has 2 rings (SSSR count). The van der Waals surface area contributed by atoms with Crippen LogP contribution in [0.4, 0.5) is 0 Å². The molecule has 1 atom stereocenters. The third-order valence-corrected chi connectivity index (χ3v) is 3.30. The summed E-state index contributed by atoms with van der Waals surface area (Å²) in [6, 6.07) is 8.98. The average molecular weight is 250 g/mol. The van der Waals surface area contributed by atoms with Crippen molar-refractivity contribution in [3.63, 3.8) is 0 Å². The number of carboxylic acid groups (broad SMARTS) is 1. The maximum absolute atomic E-state index is 11.3. The number of benzene rings is 1. The van der Waals surface area contributed by atoms with E-state index in [1.165, 1.54) is 0 Å². The molecule has 2 N–H and O–H groups in total. The fourth-order valence-corrected chi connectivity index (χ4v) is 2.28. The van der Waals surface area contributed by atoms with Crippen LogP contribution in [0.5, 0.6) is 0 Å². The molecule has 18 heavy (non-hydrogen) atoms. The SMILES string of the molecule is O=C(O)C(OC1CCC(O)CC1)c1ccccc1. The molecular formula is C14H18O4. The number of aliphatic carboxylic acids is 1. The summed E-state index contributed by atoms with van der Waals surface area (Å²) in [5, 5.41) is 18.7. The van der Waals surface area contributed by atoms with Crippen LogP contribution in [-0.4, -0.2) is 28.4 Å². The van der Waals surface area contributed by atoms with Gasteiger partial charge in [0.2, 0.25) is 0 Å². The molecule has 0 spiro atoms. The lowest BCUT2D eigenvalue weighted by Crippen LogP contribution is -2.28. The lowest BCUT2D eigenvalue weighted by molar-refractivity contribution is -0.157. The first-order valence-corrected chi connectivity index (χ1v) is 6.28. The Balaban J connectivity index is 2.01. The zero-order valence-electron chi connectivity index (χ0n) is 10.2. The van der Waals surface area contributed by atoms with Crippen molar-refractivity contribution in [1.29, 1.82) is 0 Å². The molecule has 0 aromatic heterocycles. The van der Waals surface area contributed by atoms with Crippen LogP contribution in [0.1, 0.15) is 37.4 Å². The standard InChI is InChI=1S/C14H18O4/c15-11-6-8-12(9-7-11)18-13(14(16)17)10-4-2-1-3-5-10/h1-5,11-13,15H,6-9H2,(H,16,17). The van der Waals surface area contributed by atoms with Gasteiger partial charge in [-0.05, 0) is 31.2 Å². The second kappa shape index (κ2) is 5.98. The molecule has 1 aromatic carbocycles. The highest BCUT2D eigenvalue weighted by Gasteiger charge is 2.27. The van der Waals surface area contributed by atoms with Crippen LogP contribution in [-0.2, 0) is 9.53 Å². The van der Waals surface area contributed by atoms with Crippen LogP contribution in [0, 0.1) is 0 Å². The Labute approximate surface area is 106 Å². The second-order valence-corrected chi connectivity index (χ2v) is 4.70. The van der Waals surface area contributed by atoms with Crippen molar-refractivity contribution in [1.82, 2.24) is 0 Å². The minimum atomic E-state index is -0.965. The largest absolute Gasteiger partial charge is 0.479 e. The number of ether oxygens (including phenoxy) is 1. The molecular weight excluding hydrogens is 232 g/mol. The molecule has 1 aromatic rings. The van der Waals surface area contributed by atoms with Crippen molar-refractivity contribution in [3.05, 3.63) is 35.9 Å². The first-order chi connectivity index (χ1) is 8.66. The van der Waals surface area contributed by atoms with Gasteiger partial charge in [-0.3, -0.25) is 0 Å². The summed E-state index contributed by atoms with van der Waals surface area (Å²) in [6.45, 7) is 0. The summed E-state index contributed by atoms with van der Waals surface area (Å²) in [6.07, 6.45) is 1.57. The number of hydrogen-bond acceptors (Lipinski definition) is 3. The van der Waals surface area contributed by atoms with Crippen LogP contribution in [0.25, 0.3) is 0 Å². The Bertz CT molecular complexity index is 382. The summed E-state index contributed by atoms with van der Waals surface area (Å²) < 4.78 is 5.68. The van der Waals surface area contributed by atoms with Gasteiger partial charge in [0.15, 0.2) is 6.10 Å². The molecule has 1 aliphatic rings. The van der Waals surface area contributed by atoms with Crippen molar-refractivity contribution >= 4 is 5.97 Å². The second-order valence-electron chi connectivity index (χ2n) is 4.70. The number of aliphatic hydroxyl groups excluding tert-OH is 1. The predicted octanol–water partition coefficient (Wildman–Crippen LogP) is 2.13. The Morgan fingerprint density at radius 3 is 2.33 bits per heavy atom. The van der Waals surface area contributed by atoms with Crippen molar-refractivity contribution in [3.8, 4) is 0 Å². The number of carboxylic acids is 1. The van der Waals surface area contributed by atoms with Crippen molar-refractivity contribution in [2.24, 2.45) is 0 Å². The summed E-state index contributed by atoms with van der Waals surface area (Å²) >= 11 is 0. The smallest absolute Gasteiger partial charge is 0.337 e. The highest BCUT2D eigenvalue weighted by Crippen LogP contribution is 2.27. The van der Waals surface area contributed by atoms with E-state index in [0.29, 0.717) is 18.4 Å². The third-order valence-electron chi connectivity index (χ3n) is 3.30. The lowest BCUT2D eigenvalue weighted by atomic mass is 9.95. The summed E-state index contributed by atoms with van der Waals surface area (Å²) in [7, 11) is 0. The number of rotatable bonds is 4. The zero-order chi connectivity index (χ0) is 13.0. The van der Waals surface area contributed by atoms with Crippen LogP contribution >= 0.6 is 0 Å². The van der Waals surface area contributed by atoms with Gasteiger partial charge in [0.1, 0.15) is 0 Å². The maximum atomic E-state index is 11.3. The summed E-state index contributed by atoms with van der Waals surface area (Å²) in [5.41, 5.74) is 0.663. The molecule has 0 aliphatic heterocycles. The van der Waals surface area contributed by atoms with Crippen molar-refractivity contribution in [2.75, 3.05) is 0 Å². The minimum Gasteiger partial charge on any atom is -0.479 e. The number of carbonyl (C=O) groups is 1. The zero-order valence-corrected chi connectivity index (χ0v) is 10.2. The van der Waals surface area contributed by atoms with Gasteiger partial charge in [-0.1, -0.05) is 30.3 Å². The topological polar surface area (TPSA) is 66.8 Å². The van der Waals surface area contributed by atoms with E-state index >= 15 is 0 Å². The molecule has 0 heterocycles. The van der Waals surface area contributed by atoms with Gasteiger partial charge in [0.05, 0.1) is 12.2 Å². The molecule has 1 unspecified atom stereocenters. The Morgan fingerprint density at radius 2 is 1.78 bits per heavy atom. The van der Waals surface area contributed by atoms with Gasteiger partial charge in [0, 0.05) is 0 Å². The fourth-order valence-electron chi connectivity index (χ4n) is 2.28. The van der Waals surface area contributed by atoms with Gasteiger partial charge >= 0.3 is 5.97 Å². The molecule has 1 saturated carbocycles.